The fourth-order valence-corrected chi connectivity index (χ4v) is 5.42. The van der Waals surface area contributed by atoms with Gasteiger partial charge in [0.25, 0.3) is 15.9 Å². The Balaban J connectivity index is 1.53. The van der Waals surface area contributed by atoms with Crippen molar-refractivity contribution in [2.45, 2.75) is 35.9 Å². The van der Waals surface area contributed by atoms with Gasteiger partial charge in [0.1, 0.15) is 4.21 Å². The normalized spacial score (nSPS) is 14.6. The van der Waals surface area contributed by atoms with E-state index in [0.29, 0.717) is 10.0 Å². The van der Waals surface area contributed by atoms with Crippen LogP contribution in [-0.4, -0.2) is 32.9 Å². The van der Waals surface area contributed by atoms with E-state index in [9.17, 15) is 18.0 Å². The molecule has 0 spiro atoms. The maximum Gasteiger partial charge on any atom is 0.338 e. The van der Waals surface area contributed by atoms with E-state index in [4.69, 9.17) is 16.3 Å². The summed E-state index contributed by atoms with van der Waals surface area (Å²) in [5.41, 5.74) is 0.510. The van der Waals surface area contributed by atoms with Crippen LogP contribution in [0.1, 0.15) is 36.0 Å². The highest BCUT2D eigenvalue weighted by molar-refractivity contribution is 7.94. The average Bonchev–Trinajstić information content (AvgIpc) is 3.32. The first kappa shape index (κ1) is 20.6. The van der Waals surface area contributed by atoms with Gasteiger partial charge in [0, 0.05) is 11.7 Å². The number of rotatable bonds is 7. The molecule has 10 heteroatoms. The molecule has 3 rings (SSSR count). The van der Waals surface area contributed by atoms with Crippen molar-refractivity contribution >= 4 is 50.5 Å². The zero-order valence-corrected chi connectivity index (χ0v) is 17.2. The molecule has 0 saturated heterocycles. The van der Waals surface area contributed by atoms with Gasteiger partial charge in [0.2, 0.25) is 0 Å². The molecule has 0 bridgehead atoms. The van der Waals surface area contributed by atoms with E-state index in [2.05, 4.69) is 10.0 Å². The van der Waals surface area contributed by atoms with Crippen molar-refractivity contribution in [3.05, 3.63) is 46.3 Å². The summed E-state index contributed by atoms with van der Waals surface area (Å²) >= 11 is 6.72. The minimum absolute atomic E-state index is 0.0919. The van der Waals surface area contributed by atoms with E-state index in [1.54, 1.807) is 0 Å². The Kier molecular flexibility index (Phi) is 6.58. The Bertz CT molecular complexity index is 951. The van der Waals surface area contributed by atoms with Gasteiger partial charge in [-0.2, -0.15) is 0 Å². The van der Waals surface area contributed by atoms with Crippen LogP contribution >= 0.6 is 22.9 Å². The number of anilines is 1. The van der Waals surface area contributed by atoms with Crippen molar-refractivity contribution < 1.29 is 22.7 Å². The molecule has 0 unspecified atom stereocenters. The van der Waals surface area contributed by atoms with E-state index < -0.39 is 16.0 Å². The highest BCUT2D eigenvalue weighted by Crippen LogP contribution is 2.27. The largest absolute Gasteiger partial charge is 0.452 e. The molecule has 7 nitrogen and oxygen atoms in total. The van der Waals surface area contributed by atoms with Crippen LogP contribution in [0, 0.1) is 0 Å². The highest BCUT2D eigenvalue weighted by Gasteiger charge is 2.19. The van der Waals surface area contributed by atoms with Crippen molar-refractivity contribution in [3.63, 3.8) is 0 Å². The zero-order chi connectivity index (χ0) is 20.1. The molecule has 1 amide bonds. The summed E-state index contributed by atoms with van der Waals surface area (Å²) in [6, 6.07) is 8.83. The van der Waals surface area contributed by atoms with Crippen LogP contribution in [0.2, 0.25) is 4.34 Å². The Hall–Kier alpha value is -2.10. The van der Waals surface area contributed by atoms with Crippen molar-refractivity contribution in [2.75, 3.05) is 11.3 Å². The van der Waals surface area contributed by atoms with Gasteiger partial charge >= 0.3 is 5.97 Å². The summed E-state index contributed by atoms with van der Waals surface area (Å²) in [5.74, 6) is -0.972. The fraction of sp³-hybridized carbons (Fsp3) is 0.333. The highest BCUT2D eigenvalue weighted by atomic mass is 35.5. The number of amides is 1. The number of sulfonamides is 1. The minimum atomic E-state index is -3.74. The fourth-order valence-electron chi connectivity index (χ4n) is 2.88. The molecule has 2 aromatic rings. The zero-order valence-electron chi connectivity index (χ0n) is 14.8. The Morgan fingerprint density at radius 3 is 2.39 bits per heavy atom. The van der Waals surface area contributed by atoms with E-state index in [-0.39, 0.29) is 28.3 Å². The molecule has 28 heavy (non-hydrogen) atoms. The lowest BCUT2D eigenvalue weighted by molar-refractivity contribution is -0.124. The van der Waals surface area contributed by atoms with Gasteiger partial charge in [-0.25, -0.2) is 13.2 Å². The molecule has 150 valence electrons. The molecule has 1 aliphatic rings. The standard InChI is InChI=1S/C18H19ClN2O5S2/c19-15-9-10-17(27-15)28(24,25)21-14-7-5-12(6-8-14)18(23)26-11-16(22)20-13-3-1-2-4-13/h5-10,13,21H,1-4,11H2,(H,20,22). The van der Waals surface area contributed by atoms with Gasteiger partial charge in [0.15, 0.2) is 6.61 Å². The molecule has 1 saturated carbocycles. The SMILES string of the molecule is O=C(COC(=O)c1ccc(NS(=O)(=O)c2ccc(Cl)s2)cc1)NC1CCCC1. The Morgan fingerprint density at radius 2 is 1.79 bits per heavy atom. The number of carbonyl (C=O) groups excluding carboxylic acids is 2. The van der Waals surface area contributed by atoms with E-state index in [1.807, 2.05) is 0 Å². The van der Waals surface area contributed by atoms with Crippen molar-refractivity contribution in [1.29, 1.82) is 0 Å². The quantitative estimate of drug-likeness (QED) is 0.640. The van der Waals surface area contributed by atoms with E-state index in [0.717, 1.165) is 37.0 Å². The molecule has 1 aliphatic carbocycles. The second kappa shape index (κ2) is 8.93. The number of thiophene rings is 1. The third-order valence-corrected chi connectivity index (χ3v) is 7.35. The predicted molar refractivity (Wildman–Crippen MR) is 107 cm³/mol. The van der Waals surface area contributed by atoms with E-state index >= 15 is 0 Å². The van der Waals surface area contributed by atoms with Crippen LogP contribution in [0.4, 0.5) is 5.69 Å². The number of hydrogen-bond donors (Lipinski definition) is 2. The number of nitrogens with one attached hydrogen (secondary N) is 2. The van der Waals surface area contributed by atoms with Gasteiger partial charge in [-0.05, 0) is 49.2 Å². The van der Waals surface area contributed by atoms with Crippen LogP contribution in [0.25, 0.3) is 0 Å². The third-order valence-electron chi connectivity index (χ3n) is 4.24. The maximum atomic E-state index is 12.3. The molecule has 2 N–H and O–H groups in total. The second-order valence-corrected chi connectivity index (χ2v) is 9.99. The van der Waals surface area contributed by atoms with Crippen LogP contribution in [0.3, 0.4) is 0 Å². The lowest BCUT2D eigenvalue weighted by Gasteiger charge is -2.12. The number of esters is 1. The van der Waals surface area contributed by atoms with Crippen molar-refractivity contribution in [2.24, 2.45) is 0 Å². The molecular formula is C18H19ClN2O5S2. The van der Waals surface area contributed by atoms with Crippen LogP contribution in [-0.2, 0) is 19.6 Å². The van der Waals surface area contributed by atoms with Gasteiger partial charge < -0.3 is 10.1 Å². The topological polar surface area (TPSA) is 102 Å². The lowest BCUT2D eigenvalue weighted by Crippen LogP contribution is -2.35. The Labute approximate surface area is 172 Å². The van der Waals surface area contributed by atoms with Crippen LogP contribution in [0.5, 0.6) is 0 Å². The summed E-state index contributed by atoms with van der Waals surface area (Å²) in [6.07, 6.45) is 4.10. The third kappa shape index (κ3) is 5.46. The molecule has 1 heterocycles. The summed E-state index contributed by atoms with van der Waals surface area (Å²) in [7, 11) is -3.74. The van der Waals surface area contributed by atoms with Gasteiger partial charge in [-0.1, -0.05) is 24.4 Å². The second-order valence-electron chi connectivity index (χ2n) is 6.37. The predicted octanol–water partition coefficient (Wildman–Crippen LogP) is 3.42. The number of hydrogen-bond acceptors (Lipinski definition) is 6. The molecule has 1 fully saturated rings. The maximum absolute atomic E-state index is 12.3. The Morgan fingerprint density at radius 1 is 1.11 bits per heavy atom. The van der Waals surface area contributed by atoms with Crippen molar-refractivity contribution in [1.82, 2.24) is 5.32 Å². The minimum Gasteiger partial charge on any atom is -0.452 e. The van der Waals surface area contributed by atoms with Gasteiger partial charge in [-0.15, -0.1) is 11.3 Å². The number of benzene rings is 1. The first-order valence-electron chi connectivity index (χ1n) is 8.68. The summed E-state index contributed by atoms with van der Waals surface area (Å²) in [6.45, 7) is -0.344. The van der Waals surface area contributed by atoms with Gasteiger partial charge in [0.05, 0.1) is 9.90 Å². The monoisotopic (exact) mass is 442 g/mol. The number of halogens is 1. The summed E-state index contributed by atoms with van der Waals surface area (Å²) < 4.78 is 32.4. The first-order chi connectivity index (χ1) is 13.3. The molecule has 0 aliphatic heterocycles. The summed E-state index contributed by atoms with van der Waals surface area (Å²) in [4.78, 5) is 23.9. The molecule has 1 aromatic heterocycles. The summed E-state index contributed by atoms with van der Waals surface area (Å²) in [5, 5.41) is 2.84. The average molecular weight is 443 g/mol. The van der Waals surface area contributed by atoms with Crippen molar-refractivity contribution in [3.8, 4) is 0 Å². The molecule has 0 atom stereocenters. The number of carbonyl (C=O) groups is 2. The van der Waals surface area contributed by atoms with Crippen LogP contribution < -0.4 is 10.0 Å². The molecular weight excluding hydrogens is 424 g/mol. The van der Waals surface area contributed by atoms with E-state index in [1.165, 1.54) is 36.4 Å². The first-order valence-corrected chi connectivity index (χ1v) is 11.4. The van der Waals surface area contributed by atoms with Crippen LogP contribution in [0.15, 0.2) is 40.6 Å². The molecule has 1 aromatic carbocycles. The number of ether oxygens (including phenoxy) is 1. The smallest absolute Gasteiger partial charge is 0.338 e. The lowest BCUT2D eigenvalue weighted by atomic mass is 10.2. The molecule has 0 radical (unpaired) electrons. The van der Waals surface area contributed by atoms with Gasteiger partial charge in [-0.3, -0.25) is 9.52 Å².